The summed E-state index contributed by atoms with van der Waals surface area (Å²) in [4.78, 5) is 15.9. The van der Waals surface area contributed by atoms with Gasteiger partial charge in [-0.05, 0) is 42.8 Å². The molecule has 0 bridgehead atoms. The van der Waals surface area contributed by atoms with Gasteiger partial charge in [0.15, 0.2) is 0 Å². The van der Waals surface area contributed by atoms with E-state index in [9.17, 15) is 14.3 Å². The third-order valence-electron chi connectivity index (χ3n) is 4.72. The Morgan fingerprint density at radius 1 is 1.15 bits per heavy atom. The number of pyridine rings is 1. The van der Waals surface area contributed by atoms with E-state index >= 15 is 0 Å². The molecule has 2 heterocycles. The topological polar surface area (TPSA) is 55.1 Å². The molecule has 0 unspecified atom stereocenters. The van der Waals surface area contributed by atoms with E-state index < -0.39 is 5.97 Å². The van der Waals surface area contributed by atoms with Crippen molar-refractivity contribution in [2.24, 2.45) is 0 Å². The normalized spacial score (nSPS) is 11.3. The van der Waals surface area contributed by atoms with Gasteiger partial charge in [-0.3, -0.25) is 9.78 Å². The zero-order valence-corrected chi connectivity index (χ0v) is 14.2. The Labute approximate surface area is 149 Å². The number of carboxylic acid groups (broad SMARTS) is 1. The Bertz CT molecular complexity index is 1150. The SMILES string of the molecule is Cc1c(CC(=O)O)c2cc(F)ccc2n1Cc1ccc2ccccc2n1. The van der Waals surface area contributed by atoms with Gasteiger partial charge in [0, 0.05) is 22.0 Å². The number of rotatable bonds is 4. The molecule has 130 valence electrons. The van der Waals surface area contributed by atoms with Crippen LogP contribution in [-0.4, -0.2) is 20.6 Å². The van der Waals surface area contributed by atoms with E-state index in [-0.39, 0.29) is 12.2 Å². The molecule has 4 rings (SSSR count). The Hall–Kier alpha value is -3.21. The van der Waals surface area contributed by atoms with Crippen molar-refractivity contribution in [3.8, 4) is 0 Å². The molecule has 0 aliphatic heterocycles. The molecular formula is C21H17FN2O2. The molecule has 5 heteroatoms. The van der Waals surface area contributed by atoms with Crippen LogP contribution < -0.4 is 0 Å². The number of halogens is 1. The lowest BCUT2D eigenvalue weighted by atomic mass is 10.1. The highest BCUT2D eigenvalue weighted by Gasteiger charge is 2.17. The van der Waals surface area contributed by atoms with Crippen molar-refractivity contribution in [2.75, 3.05) is 0 Å². The summed E-state index contributed by atoms with van der Waals surface area (Å²) < 4.78 is 15.7. The Morgan fingerprint density at radius 3 is 2.77 bits per heavy atom. The van der Waals surface area contributed by atoms with Gasteiger partial charge in [0.1, 0.15) is 5.82 Å². The van der Waals surface area contributed by atoms with Gasteiger partial charge in [-0.1, -0.05) is 24.3 Å². The second kappa shape index (κ2) is 6.26. The number of para-hydroxylation sites is 1. The van der Waals surface area contributed by atoms with Gasteiger partial charge >= 0.3 is 5.97 Å². The maximum absolute atomic E-state index is 13.7. The van der Waals surface area contributed by atoms with Crippen molar-refractivity contribution in [3.63, 3.8) is 0 Å². The van der Waals surface area contributed by atoms with Crippen LogP contribution in [0.4, 0.5) is 4.39 Å². The highest BCUT2D eigenvalue weighted by Crippen LogP contribution is 2.28. The van der Waals surface area contributed by atoms with Gasteiger partial charge in [0.05, 0.1) is 24.2 Å². The molecule has 4 aromatic rings. The van der Waals surface area contributed by atoms with Crippen molar-refractivity contribution in [2.45, 2.75) is 19.9 Å². The lowest BCUT2D eigenvalue weighted by molar-refractivity contribution is -0.136. The molecular weight excluding hydrogens is 331 g/mol. The predicted molar refractivity (Wildman–Crippen MR) is 98.8 cm³/mol. The van der Waals surface area contributed by atoms with Crippen molar-refractivity contribution in [1.82, 2.24) is 9.55 Å². The van der Waals surface area contributed by atoms with E-state index in [1.54, 1.807) is 6.07 Å². The van der Waals surface area contributed by atoms with E-state index in [0.29, 0.717) is 17.5 Å². The monoisotopic (exact) mass is 348 g/mol. The average molecular weight is 348 g/mol. The zero-order chi connectivity index (χ0) is 18.3. The maximum Gasteiger partial charge on any atom is 0.307 e. The summed E-state index contributed by atoms with van der Waals surface area (Å²) in [6, 6.07) is 16.4. The van der Waals surface area contributed by atoms with Crippen LogP contribution in [0.15, 0.2) is 54.6 Å². The summed E-state index contributed by atoms with van der Waals surface area (Å²) in [5, 5.41) is 10.9. The largest absolute Gasteiger partial charge is 0.481 e. The van der Waals surface area contributed by atoms with E-state index in [0.717, 1.165) is 27.8 Å². The van der Waals surface area contributed by atoms with Crippen LogP contribution in [-0.2, 0) is 17.8 Å². The lowest BCUT2D eigenvalue weighted by Gasteiger charge is -2.09. The first-order valence-electron chi connectivity index (χ1n) is 8.36. The third-order valence-corrected chi connectivity index (χ3v) is 4.72. The predicted octanol–water partition coefficient (Wildman–Crippen LogP) is 4.31. The van der Waals surface area contributed by atoms with E-state index in [1.165, 1.54) is 12.1 Å². The highest BCUT2D eigenvalue weighted by atomic mass is 19.1. The fourth-order valence-corrected chi connectivity index (χ4v) is 3.46. The molecule has 0 fully saturated rings. The molecule has 0 spiro atoms. The summed E-state index contributed by atoms with van der Waals surface area (Å²) in [7, 11) is 0. The number of fused-ring (bicyclic) bond motifs is 2. The number of hydrogen-bond donors (Lipinski definition) is 1. The smallest absolute Gasteiger partial charge is 0.307 e. The fourth-order valence-electron chi connectivity index (χ4n) is 3.46. The Morgan fingerprint density at radius 2 is 1.96 bits per heavy atom. The molecule has 0 saturated carbocycles. The van der Waals surface area contributed by atoms with E-state index in [2.05, 4.69) is 0 Å². The van der Waals surface area contributed by atoms with Gasteiger partial charge in [0.2, 0.25) is 0 Å². The van der Waals surface area contributed by atoms with Gasteiger partial charge in [0.25, 0.3) is 0 Å². The number of nitrogens with zero attached hydrogens (tertiary/aromatic N) is 2. The number of aliphatic carboxylic acids is 1. The first-order valence-corrected chi connectivity index (χ1v) is 8.36. The average Bonchev–Trinajstić information content (AvgIpc) is 2.86. The summed E-state index contributed by atoms with van der Waals surface area (Å²) in [5.74, 6) is -1.30. The molecule has 0 saturated heterocycles. The summed E-state index contributed by atoms with van der Waals surface area (Å²) in [6.07, 6.45) is -0.135. The first kappa shape index (κ1) is 16.3. The minimum atomic E-state index is -0.930. The fraction of sp³-hybridized carbons (Fsp3) is 0.143. The quantitative estimate of drug-likeness (QED) is 0.598. The van der Waals surface area contributed by atoms with Crippen LogP contribution in [0.5, 0.6) is 0 Å². The molecule has 0 aliphatic rings. The van der Waals surface area contributed by atoms with Crippen molar-refractivity contribution < 1.29 is 14.3 Å². The van der Waals surface area contributed by atoms with Crippen molar-refractivity contribution in [3.05, 3.63) is 77.4 Å². The van der Waals surface area contributed by atoms with E-state index in [4.69, 9.17) is 4.98 Å². The zero-order valence-electron chi connectivity index (χ0n) is 14.2. The van der Waals surface area contributed by atoms with E-state index in [1.807, 2.05) is 47.9 Å². The van der Waals surface area contributed by atoms with Crippen LogP contribution in [0.1, 0.15) is 17.0 Å². The number of carboxylic acids is 1. The van der Waals surface area contributed by atoms with Crippen molar-refractivity contribution in [1.29, 1.82) is 0 Å². The molecule has 0 amide bonds. The maximum atomic E-state index is 13.7. The summed E-state index contributed by atoms with van der Waals surface area (Å²) in [5.41, 5.74) is 4.07. The molecule has 26 heavy (non-hydrogen) atoms. The second-order valence-corrected chi connectivity index (χ2v) is 6.38. The number of hydrogen-bond acceptors (Lipinski definition) is 2. The molecule has 0 atom stereocenters. The van der Waals surface area contributed by atoms with Crippen LogP contribution in [0.25, 0.3) is 21.8 Å². The minimum absolute atomic E-state index is 0.135. The molecule has 4 nitrogen and oxygen atoms in total. The second-order valence-electron chi connectivity index (χ2n) is 6.38. The van der Waals surface area contributed by atoms with Gasteiger partial charge in [-0.15, -0.1) is 0 Å². The Kier molecular flexibility index (Phi) is 3.92. The minimum Gasteiger partial charge on any atom is -0.481 e. The molecule has 0 radical (unpaired) electrons. The molecule has 1 N–H and O–H groups in total. The third kappa shape index (κ3) is 2.81. The Balaban J connectivity index is 1.84. The summed E-state index contributed by atoms with van der Waals surface area (Å²) >= 11 is 0. The van der Waals surface area contributed by atoms with Crippen LogP contribution in [0.3, 0.4) is 0 Å². The number of benzene rings is 2. The van der Waals surface area contributed by atoms with Gasteiger partial charge < -0.3 is 9.67 Å². The van der Waals surface area contributed by atoms with Crippen LogP contribution in [0, 0.1) is 12.7 Å². The lowest BCUT2D eigenvalue weighted by Crippen LogP contribution is -2.06. The number of carbonyl (C=O) groups is 1. The molecule has 0 aliphatic carbocycles. The molecule has 2 aromatic heterocycles. The summed E-state index contributed by atoms with van der Waals surface area (Å²) in [6.45, 7) is 2.37. The highest BCUT2D eigenvalue weighted by molar-refractivity contribution is 5.89. The van der Waals surface area contributed by atoms with Gasteiger partial charge in [-0.2, -0.15) is 0 Å². The van der Waals surface area contributed by atoms with Gasteiger partial charge in [-0.25, -0.2) is 4.39 Å². The standard InChI is InChI=1S/C21H17FN2O2/c1-13-17(11-21(25)26)18-10-15(22)7-9-20(18)24(13)12-16-8-6-14-4-2-3-5-19(14)23-16/h2-10H,11-12H2,1H3,(H,25,26). The van der Waals surface area contributed by atoms with Crippen molar-refractivity contribution >= 4 is 27.8 Å². The molecule has 2 aromatic carbocycles. The van der Waals surface area contributed by atoms with Crippen LogP contribution >= 0.6 is 0 Å². The first-order chi connectivity index (χ1) is 12.5. The number of aromatic nitrogens is 2. The van der Waals surface area contributed by atoms with Crippen LogP contribution in [0.2, 0.25) is 0 Å².